The van der Waals surface area contributed by atoms with Crippen molar-refractivity contribution >= 4 is 10.0 Å². The minimum atomic E-state index is -3.23. The van der Waals surface area contributed by atoms with Gasteiger partial charge in [0.1, 0.15) is 0 Å². The van der Waals surface area contributed by atoms with Crippen LogP contribution in [0.25, 0.3) is 0 Å². The molecule has 1 heterocycles. The quantitative estimate of drug-likeness (QED) is 0.877. The number of hydrogen-bond donors (Lipinski definition) is 1. The van der Waals surface area contributed by atoms with Crippen molar-refractivity contribution in [3.8, 4) is 0 Å². The van der Waals surface area contributed by atoms with E-state index in [9.17, 15) is 8.42 Å². The molecule has 0 spiro atoms. The monoisotopic (exact) mass is 311 g/mol. The van der Waals surface area contributed by atoms with Gasteiger partial charge in [0.15, 0.2) is 0 Å². The molecule has 0 radical (unpaired) electrons. The van der Waals surface area contributed by atoms with Crippen LogP contribution in [0.3, 0.4) is 0 Å². The molecule has 1 N–H and O–H groups in total. The van der Waals surface area contributed by atoms with Crippen molar-refractivity contribution in [1.82, 2.24) is 14.5 Å². The first-order chi connectivity index (χ1) is 9.92. The highest BCUT2D eigenvalue weighted by atomic mass is 32.2. The minimum Gasteiger partial charge on any atom is -0.316 e. The lowest BCUT2D eigenvalue weighted by Gasteiger charge is -2.36. The van der Waals surface area contributed by atoms with E-state index in [1.807, 2.05) is 38.4 Å². The van der Waals surface area contributed by atoms with Crippen molar-refractivity contribution in [1.29, 1.82) is 0 Å². The Labute approximate surface area is 128 Å². The summed E-state index contributed by atoms with van der Waals surface area (Å²) in [4.78, 5) is 2.19. The second kappa shape index (κ2) is 6.87. The average molecular weight is 311 g/mol. The van der Waals surface area contributed by atoms with Gasteiger partial charge in [0.2, 0.25) is 10.0 Å². The smallest absolute Gasteiger partial charge is 0.218 e. The molecule has 1 aliphatic heterocycles. The van der Waals surface area contributed by atoms with Gasteiger partial charge in [-0.3, -0.25) is 0 Å². The Bertz CT molecular complexity index is 557. The molecule has 118 valence electrons. The second-order valence-electron chi connectivity index (χ2n) is 5.79. The van der Waals surface area contributed by atoms with Crippen molar-refractivity contribution in [3.63, 3.8) is 0 Å². The normalized spacial score (nSPS) is 21.6. The predicted molar refractivity (Wildman–Crippen MR) is 85.5 cm³/mol. The van der Waals surface area contributed by atoms with Crippen LogP contribution < -0.4 is 5.32 Å². The van der Waals surface area contributed by atoms with Gasteiger partial charge < -0.3 is 10.2 Å². The highest BCUT2D eigenvalue weighted by Gasteiger charge is 2.29. The first kappa shape index (κ1) is 16.4. The molecule has 1 fully saturated rings. The summed E-state index contributed by atoms with van der Waals surface area (Å²) in [5.74, 6) is 0.0866. The van der Waals surface area contributed by atoms with Gasteiger partial charge in [0.25, 0.3) is 0 Å². The number of nitrogens with one attached hydrogen (secondary N) is 1. The van der Waals surface area contributed by atoms with Crippen LogP contribution in [0, 0.1) is 0 Å². The number of nitrogens with zero attached hydrogens (tertiary/aromatic N) is 2. The molecule has 0 bridgehead atoms. The fraction of sp³-hybridized carbons (Fsp3) is 0.600. The van der Waals surface area contributed by atoms with Gasteiger partial charge in [0, 0.05) is 32.2 Å². The lowest BCUT2D eigenvalue weighted by molar-refractivity contribution is 0.159. The summed E-state index contributed by atoms with van der Waals surface area (Å²) in [6.45, 7) is 4.82. The van der Waals surface area contributed by atoms with Crippen molar-refractivity contribution in [2.75, 3.05) is 33.7 Å². The standard InChI is InChI=1S/C15H25N3O2S/c1-13-11-18(9-8-17(13)3)21(19,20)12-15-6-4-14(5-7-15)10-16-2/h4-7,13,16H,8-12H2,1-3H3. The Morgan fingerprint density at radius 2 is 1.81 bits per heavy atom. The molecule has 0 amide bonds. The fourth-order valence-electron chi connectivity index (χ4n) is 2.53. The van der Waals surface area contributed by atoms with Crippen molar-refractivity contribution in [3.05, 3.63) is 35.4 Å². The lowest BCUT2D eigenvalue weighted by Crippen LogP contribution is -2.52. The minimum absolute atomic E-state index is 0.0866. The largest absolute Gasteiger partial charge is 0.316 e. The molecule has 1 atom stereocenters. The van der Waals surface area contributed by atoms with E-state index >= 15 is 0 Å². The summed E-state index contributed by atoms with van der Waals surface area (Å²) >= 11 is 0. The zero-order valence-electron chi connectivity index (χ0n) is 13.0. The van der Waals surface area contributed by atoms with E-state index in [-0.39, 0.29) is 11.8 Å². The molecule has 5 nitrogen and oxygen atoms in total. The van der Waals surface area contributed by atoms with E-state index in [4.69, 9.17) is 0 Å². The summed E-state index contributed by atoms with van der Waals surface area (Å²) in [5.41, 5.74) is 2.01. The number of hydrogen-bond acceptors (Lipinski definition) is 4. The third-order valence-corrected chi connectivity index (χ3v) is 5.89. The van der Waals surface area contributed by atoms with Gasteiger partial charge >= 0.3 is 0 Å². The van der Waals surface area contributed by atoms with Crippen LogP contribution in [0.5, 0.6) is 0 Å². The zero-order valence-corrected chi connectivity index (χ0v) is 13.9. The SMILES string of the molecule is CNCc1ccc(CS(=O)(=O)N2CCN(C)C(C)C2)cc1. The summed E-state index contributed by atoms with van der Waals surface area (Å²) in [6.07, 6.45) is 0. The van der Waals surface area contributed by atoms with Gasteiger partial charge in [-0.05, 0) is 32.1 Å². The van der Waals surface area contributed by atoms with Crippen LogP contribution in [0.4, 0.5) is 0 Å². The second-order valence-corrected chi connectivity index (χ2v) is 7.76. The molecule has 1 aliphatic rings. The predicted octanol–water partition coefficient (Wildman–Crippen LogP) is 0.872. The average Bonchev–Trinajstić information content (AvgIpc) is 2.44. The van der Waals surface area contributed by atoms with Gasteiger partial charge in [-0.2, -0.15) is 4.31 Å². The van der Waals surface area contributed by atoms with E-state index in [1.165, 1.54) is 0 Å². The first-order valence-corrected chi connectivity index (χ1v) is 8.94. The molecule has 21 heavy (non-hydrogen) atoms. The molecule has 0 saturated carbocycles. The number of sulfonamides is 1. The maximum atomic E-state index is 12.5. The topological polar surface area (TPSA) is 52.7 Å². The van der Waals surface area contributed by atoms with E-state index in [0.29, 0.717) is 13.1 Å². The lowest BCUT2D eigenvalue weighted by atomic mass is 10.1. The van der Waals surface area contributed by atoms with Gasteiger partial charge in [0.05, 0.1) is 5.75 Å². The summed E-state index contributed by atoms with van der Waals surface area (Å²) in [6, 6.07) is 8.04. The summed E-state index contributed by atoms with van der Waals surface area (Å²) < 4.78 is 26.7. The van der Waals surface area contributed by atoms with E-state index < -0.39 is 10.0 Å². The number of benzene rings is 1. The molecule has 0 aliphatic carbocycles. The van der Waals surface area contributed by atoms with Crippen LogP contribution in [0.15, 0.2) is 24.3 Å². The molecule has 1 aromatic rings. The van der Waals surface area contributed by atoms with Gasteiger partial charge in [-0.25, -0.2) is 8.42 Å². The van der Waals surface area contributed by atoms with Crippen molar-refractivity contribution < 1.29 is 8.42 Å². The molecule has 6 heteroatoms. The third-order valence-electron chi connectivity index (χ3n) is 4.07. The van der Waals surface area contributed by atoms with Crippen molar-refractivity contribution in [2.24, 2.45) is 0 Å². The molecular weight excluding hydrogens is 286 g/mol. The Morgan fingerprint density at radius 3 is 2.38 bits per heavy atom. The zero-order chi connectivity index (χ0) is 15.5. The van der Waals surface area contributed by atoms with E-state index in [1.54, 1.807) is 4.31 Å². The van der Waals surface area contributed by atoms with Crippen LogP contribution >= 0.6 is 0 Å². The maximum Gasteiger partial charge on any atom is 0.218 e. The van der Waals surface area contributed by atoms with Crippen LogP contribution in [-0.2, 0) is 22.3 Å². The molecular formula is C15H25N3O2S. The molecule has 2 rings (SSSR count). The Balaban J connectivity index is 2.03. The van der Waals surface area contributed by atoms with E-state index in [0.717, 1.165) is 24.2 Å². The maximum absolute atomic E-state index is 12.5. The van der Waals surface area contributed by atoms with Crippen LogP contribution in [0.2, 0.25) is 0 Å². The highest BCUT2D eigenvalue weighted by Crippen LogP contribution is 2.16. The highest BCUT2D eigenvalue weighted by molar-refractivity contribution is 7.88. The fourth-order valence-corrected chi connectivity index (χ4v) is 4.13. The van der Waals surface area contributed by atoms with Crippen LogP contribution in [-0.4, -0.2) is 57.4 Å². The molecule has 1 saturated heterocycles. The Kier molecular flexibility index (Phi) is 5.37. The van der Waals surface area contributed by atoms with Gasteiger partial charge in [-0.15, -0.1) is 0 Å². The summed E-state index contributed by atoms with van der Waals surface area (Å²) in [5, 5.41) is 3.08. The van der Waals surface area contributed by atoms with Crippen molar-refractivity contribution in [2.45, 2.75) is 25.3 Å². The molecule has 1 unspecified atom stereocenters. The van der Waals surface area contributed by atoms with E-state index in [2.05, 4.69) is 17.1 Å². The Hall–Kier alpha value is -0.950. The summed E-state index contributed by atoms with van der Waals surface area (Å²) in [7, 11) is 0.706. The number of rotatable bonds is 5. The van der Waals surface area contributed by atoms with Crippen LogP contribution in [0.1, 0.15) is 18.1 Å². The Morgan fingerprint density at radius 1 is 1.19 bits per heavy atom. The molecule has 0 aromatic heterocycles. The van der Waals surface area contributed by atoms with Gasteiger partial charge in [-0.1, -0.05) is 24.3 Å². The number of likely N-dealkylation sites (N-methyl/N-ethyl adjacent to an activating group) is 1. The molecule has 1 aromatic carbocycles. The third kappa shape index (κ3) is 4.26. The first-order valence-electron chi connectivity index (χ1n) is 7.33. The number of piperazine rings is 1.